The molecule has 0 aliphatic heterocycles. The average Bonchev–Trinajstić information content (AvgIpc) is 2.61. The van der Waals surface area contributed by atoms with E-state index in [9.17, 15) is 5.11 Å². The normalized spacial score (nSPS) is 14.6. The molecule has 0 aliphatic rings. The molecule has 0 unspecified atom stereocenters. The summed E-state index contributed by atoms with van der Waals surface area (Å²) in [4.78, 5) is 0. The maximum Gasteiger partial charge on any atom is 0.203 e. The second-order valence-corrected chi connectivity index (χ2v) is 5.75. The van der Waals surface area contributed by atoms with Crippen molar-refractivity contribution in [1.82, 2.24) is 0 Å². The molecule has 2 atom stereocenters. The Morgan fingerprint density at radius 3 is 2.08 bits per heavy atom. The number of methoxy groups -OCH3 is 3. The standard InChI is InChI=1S/C19H25NO4/c1-13(20)19(21,15-8-6-5-7-9-15)12-14-10-11-16(22-2)18(24-4)17(14)23-3/h5-11,13,21H,12,20H2,1-4H3/t13-,19-/m1/s1. The molecule has 2 rings (SSSR count). The van der Waals surface area contributed by atoms with Crippen molar-refractivity contribution >= 4 is 0 Å². The lowest BCUT2D eigenvalue weighted by molar-refractivity contribution is 0.0147. The topological polar surface area (TPSA) is 73.9 Å². The summed E-state index contributed by atoms with van der Waals surface area (Å²) in [5.74, 6) is 1.60. The van der Waals surface area contributed by atoms with Crippen molar-refractivity contribution in [3.05, 3.63) is 53.6 Å². The molecule has 0 amide bonds. The van der Waals surface area contributed by atoms with Crippen molar-refractivity contribution in [3.63, 3.8) is 0 Å². The van der Waals surface area contributed by atoms with Gasteiger partial charge < -0.3 is 25.1 Å². The van der Waals surface area contributed by atoms with Crippen molar-refractivity contribution < 1.29 is 19.3 Å². The molecule has 0 bridgehead atoms. The van der Waals surface area contributed by atoms with Crippen LogP contribution in [0, 0.1) is 0 Å². The minimum atomic E-state index is -1.23. The van der Waals surface area contributed by atoms with Crippen molar-refractivity contribution in [3.8, 4) is 17.2 Å². The average molecular weight is 331 g/mol. The molecule has 0 heterocycles. The van der Waals surface area contributed by atoms with E-state index in [-0.39, 0.29) is 6.42 Å². The highest BCUT2D eigenvalue weighted by atomic mass is 16.5. The number of aliphatic hydroxyl groups is 1. The number of nitrogens with two attached hydrogens (primary N) is 1. The van der Waals surface area contributed by atoms with E-state index in [1.54, 1.807) is 34.3 Å². The van der Waals surface area contributed by atoms with Crippen molar-refractivity contribution in [2.45, 2.75) is 25.0 Å². The Kier molecular flexibility index (Phi) is 5.70. The Morgan fingerprint density at radius 2 is 1.58 bits per heavy atom. The molecule has 0 saturated heterocycles. The molecule has 0 aliphatic carbocycles. The molecule has 3 N–H and O–H groups in total. The van der Waals surface area contributed by atoms with Gasteiger partial charge in [0.1, 0.15) is 5.60 Å². The molecule has 0 radical (unpaired) electrons. The van der Waals surface area contributed by atoms with Crippen LogP contribution in [0.2, 0.25) is 0 Å². The molecule has 0 fully saturated rings. The highest BCUT2D eigenvalue weighted by Gasteiger charge is 2.35. The molecular formula is C19H25NO4. The minimum absolute atomic E-state index is 0.290. The molecule has 24 heavy (non-hydrogen) atoms. The maximum absolute atomic E-state index is 11.3. The van der Waals surface area contributed by atoms with Crippen LogP contribution in [0.1, 0.15) is 18.1 Å². The van der Waals surface area contributed by atoms with Gasteiger partial charge >= 0.3 is 0 Å². The Morgan fingerprint density at radius 1 is 0.958 bits per heavy atom. The first-order valence-electron chi connectivity index (χ1n) is 7.79. The van der Waals surface area contributed by atoms with Gasteiger partial charge in [-0.15, -0.1) is 0 Å². The fourth-order valence-corrected chi connectivity index (χ4v) is 2.85. The predicted molar refractivity (Wildman–Crippen MR) is 93.8 cm³/mol. The third-order valence-corrected chi connectivity index (χ3v) is 4.27. The monoisotopic (exact) mass is 331 g/mol. The number of hydrogen-bond donors (Lipinski definition) is 2. The maximum atomic E-state index is 11.3. The molecule has 2 aromatic rings. The Bertz CT molecular complexity index is 673. The summed E-state index contributed by atoms with van der Waals surface area (Å²) < 4.78 is 16.2. The predicted octanol–water partition coefficient (Wildman–Crippen LogP) is 2.49. The van der Waals surface area contributed by atoms with Crippen LogP contribution < -0.4 is 19.9 Å². The summed E-state index contributed by atoms with van der Waals surface area (Å²) in [5.41, 5.74) is 6.45. The van der Waals surface area contributed by atoms with Crippen LogP contribution in [0.3, 0.4) is 0 Å². The van der Waals surface area contributed by atoms with Gasteiger partial charge in [0.2, 0.25) is 5.75 Å². The van der Waals surface area contributed by atoms with Crippen LogP contribution >= 0.6 is 0 Å². The first-order valence-corrected chi connectivity index (χ1v) is 7.79. The first kappa shape index (κ1) is 18.1. The van der Waals surface area contributed by atoms with Crippen LogP contribution in [0.25, 0.3) is 0 Å². The summed E-state index contributed by atoms with van der Waals surface area (Å²) in [6.45, 7) is 1.79. The van der Waals surface area contributed by atoms with Crippen molar-refractivity contribution in [2.75, 3.05) is 21.3 Å². The second-order valence-electron chi connectivity index (χ2n) is 5.75. The Labute approximate surface area is 143 Å². The summed E-state index contributed by atoms with van der Waals surface area (Å²) >= 11 is 0. The number of ether oxygens (including phenoxy) is 3. The lowest BCUT2D eigenvalue weighted by Crippen LogP contribution is -2.45. The molecule has 5 nitrogen and oxygen atoms in total. The molecule has 0 spiro atoms. The first-order chi connectivity index (χ1) is 11.5. The lowest BCUT2D eigenvalue weighted by Gasteiger charge is -2.33. The van der Waals surface area contributed by atoms with Gasteiger partial charge in [-0.25, -0.2) is 0 Å². The lowest BCUT2D eigenvalue weighted by atomic mass is 9.82. The second kappa shape index (κ2) is 7.55. The molecular weight excluding hydrogens is 306 g/mol. The van der Waals surface area contributed by atoms with Crippen LogP contribution in [-0.4, -0.2) is 32.5 Å². The molecule has 5 heteroatoms. The van der Waals surface area contributed by atoms with E-state index in [2.05, 4.69) is 0 Å². The largest absolute Gasteiger partial charge is 0.493 e. The van der Waals surface area contributed by atoms with Gasteiger partial charge in [-0.1, -0.05) is 36.4 Å². The third kappa shape index (κ3) is 3.32. The number of hydrogen-bond acceptors (Lipinski definition) is 5. The highest BCUT2D eigenvalue weighted by Crippen LogP contribution is 2.42. The zero-order chi connectivity index (χ0) is 17.7. The quantitative estimate of drug-likeness (QED) is 0.815. The molecule has 2 aromatic carbocycles. The van der Waals surface area contributed by atoms with E-state index < -0.39 is 11.6 Å². The number of rotatable bonds is 7. The van der Waals surface area contributed by atoms with Gasteiger partial charge in [-0.2, -0.15) is 0 Å². The van der Waals surface area contributed by atoms with E-state index in [0.717, 1.165) is 11.1 Å². The van der Waals surface area contributed by atoms with Gasteiger partial charge in [0, 0.05) is 18.0 Å². The van der Waals surface area contributed by atoms with E-state index in [0.29, 0.717) is 17.2 Å². The van der Waals surface area contributed by atoms with Gasteiger partial charge in [-0.05, 0) is 18.6 Å². The zero-order valence-electron chi connectivity index (χ0n) is 14.6. The minimum Gasteiger partial charge on any atom is -0.493 e. The Hall–Kier alpha value is -2.24. The summed E-state index contributed by atoms with van der Waals surface area (Å²) in [6, 6.07) is 12.6. The third-order valence-electron chi connectivity index (χ3n) is 4.27. The fourth-order valence-electron chi connectivity index (χ4n) is 2.85. The van der Waals surface area contributed by atoms with Gasteiger partial charge in [0.25, 0.3) is 0 Å². The zero-order valence-corrected chi connectivity index (χ0v) is 14.6. The summed E-state index contributed by atoms with van der Waals surface area (Å²) in [5, 5.41) is 11.3. The smallest absolute Gasteiger partial charge is 0.203 e. The van der Waals surface area contributed by atoms with Crippen LogP contribution in [0.5, 0.6) is 17.2 Å². The van der Waals surface area contributed by atoms with Gasteiger partial charge in [0.15, 0.2) is 11.5 Å². The summed E-state index contributed by atoms with van der Waals surface area (Å²) in [7, 11) is 4.69. The highest BCUT2D eigenvalue weighted by molar-refractivity contribution is 5.56. The van der Waals surface area contributed by atoms with E-state index in [1.165, 1.54) is 0 Å². The fraction of sp³-hybridized carbons (Fsp3) is 0.368. The molecule has 0 aromatic heterocycles. The van der Waals surface area contributed by atoms with Crippen LogP contribution in [0.15, 0.2) is 42.5 Å². The van der Waals surface area contributed by atoms with Gasteiger partial charge in [0.05, 0.1) is 21.3 Å². The number of benzene rings is 2. The summed E-state index contributed by atoms with van der Waals surface area (Å²) in [6.07, 6.45) is 0.290. The van der Waals surface area contributed by atoms with Crippen LogP contribution in [-0.2, 0) is 12.0 Å². The molecule has 130 valence electrons. The van der Waals surface area contributed by atoms with Crippen LogP contribution in [0.4, 0.5) is 0 Å². The van der Waals surface area contributed by atoms with Crippen molar-refractivity contribution in [2.24, 2.45) is 5.73 Å². The van der Waals surface area contributed by atoms with Crippen molar-refractivity contribution in [1.29, 1.82) is 0 Å². The molecule has 0 saturated carbocycles. The van der Waals surface area contributed by atoms with E-state index >= 15 is 0 Å². The SMILES string of the molecule is COc1ccc(C[C@](O)(c2ccccc2)[C@@H](C)N)c(OC)c1OC. The van der Waals surface area contributed by atoms with E-state index in [4.69, 9.17) is 19.9 Å². The Balaban J connectivity index is 2.51. The van der Waals surface area contributed by atoms with E-state index in [1.807, 2.05) is 36.4 Å². The van der Waals surface area contributed by atoms with Gasteiger partial charge in [-0.3, -0.25) is 0 Å².